The highest BCUT2D eigenvalue weighted by Crippen LogP contribution is 2.26. The third-order valence-electron chi connectivity index (χ3n) is 4.02. The summed E-state index contributed by atoms with van der Waals surface area (Å²) < 4.78 is 8.16. The van der Waals surface area contributed by atoms with Crippen molar-refractivity contribution >= 4 is 43.5 Å². The van der Waals surface area contributed by atoms with Crippen molar-refractivity contribution in [1.82, 2.24) is 9.55 Å². The summed E-state index contributed by atoms with van der Waals surface area (Å²) in [6.45, 7) is -0.201. The summed E-state index contributed by atoms with van der Waals surface area (Å²) in [4.78, 5) is 28.6. The predicted octanol–water partition coefficient (Wildman–Crippen LogP) is 3.17. The van der Waals surface area contributed by atoms with Gasteiger partial charge in [0.2, 0.25) is 0 Å². The number of thiazole rings is 1. The number of carbonyl (C=O) groups is 1. The zero-order valence-corrected chi connectivity index (χ0v) is 14.7. The smallest absolute Gasteiger partial charge is 0.264 e. The van der Waals surface area contributed by atoms with E-state index in [9.17, 15) is 9.59 Å². The van der Waals surface area contributed by atoms with E-state index in [2.05, 4.69) is 10.3 Å². The van der Waals surface area contributed by atoms with Crippen LogP contribution in [0.25, 0.3) is 21.1 Å². The molecule has 4 aromatic rings. The van der Waals surface area contributed by atoms with E-state index < -0.39 is 0 Å². The minimum atomic E-state index is -0.325. The van der Waals surface area contributed by atoms with E-state index in [4.69, 9.17) is 4.74 Å². The first-order valence-electron chi connectivity index (χ1n) is 7.99. The van der Waals surface area contributed by atoms with Crippen LogP contribution in [0.1, 0.15) is 0 Å². The molecule has 0 fully saturated rings. The van der Waals surface area contributed by atoms with Gasteiger partial charge in [-0.3, -0.25) is 14.9 Å². The summed E-state index contributed by atoms with van der Waals surface area (Å²) in [5.74, 6) is 0.0666. The van der Waals surface area contributed by atoms with E-state index in [-0.39, 0.29) is 18.1 Å². The van der Waals surface area contributed by atoms with Crippen molar-refractivity contribution < 1.29 is 9.53 Å². The van der Waals surface area contributed by atoms with E-state index in [0.717, 1.165) is 21.1 Å². The number of aryl methyl sites for hydroxylation is 1. The number of anilines is 1. The van der Waals surface area contributed by atoms with Gasteiger partial charge in [0.25, 0.3) is 11.5 Å². The number of amides is 1. The molecule has 2 aromatic heterocycles. The molecule has 1 amide bonds. The number of hydrogen-bond acceptors (Lipinski definition) is 5. The van der Waals surface area contributed by atoms with Crippen molar-refractivity contribution in [3.63, 3.8) is 0 Å². The number of nitrogens with one attached hydrogen (secondary N) is 1. The van der Waals surface area contributed by atoms with E-state index in [1.165, 1.54) is 17.4 Å². The Hall–Kier alpha value is -3.19. The minimum absolute atomic E-state index is 0.190. The molecule has 0 radical (unpaired) electrons. The van der Waals surface area contributed by atoms with Crippen LogP contribution in [0.15, 0.2) is 59.4 Å². The molecule has 0 spiro atoms. The molecular formula is C19H15N3O3S. The molecule has 0 aliphatic carbocycles. The molecule has 0 aliphatic heterocycles. The zero-order valence-electron chi connectivity index (χ0n) is 13.9. The standard InChI is InChI=1S/C19H15N3O3S/c1-22-14-8-4-2-6-12(14)15(10-18(22)24)25-11-17(23)21-19-20-13-7-3-5-9-16(13)26-19/h2-10H,11H2,1H3,(H,20,21,23). The number of ether oxygens (including phenoxy) is 1. The van der Waals surface area contributed by atoms with Crippen molar-refractivity contribution in [2.24, 2.45) is 7.05 Å². The lowest BCUT2D eigenvalue weighted by Crippen LogP contribution is -2.22. The number of carbonyl (C=O) groups excluding carboxylic acids is 1. The van der Waals surface area contributed by atoms with Gasteiger partial charge in [-0.2, -0.15) is 0 Å². The number of nitrogens with zero attached hydrogens (tertiary/aromatic N) is 2. The lowest BCUT2D eigenvalue weighted by Gasteiger charge is -2.11. The number of rotatable bonds is 4. The molecule has 2 heterocycles. The summed E-state index contributed by atoms with van der Waals surface area (Å²) in [6, 6.07) is 16.5. The first-order chi connectivity index (χ1) is 12.6. The van der Waals surface area contributed by atoms with Gasteiger partial charge in [0.15, 0.2) is 11.7 Å². The third kappa shape index (κ3) is 3.04. The van der Waals surface area contributed by atoms with Gasteiger partial charge < -0.3 is 9.30 Å². The maximum atomic E-state index is 12.2. The molecular weight excluding hydrogens is 350 g/mol. The molecule has 4 rings (SSSR count). The molecule has 0 atom stereocenters. The lowest BCUT2D eigenvalue weighted by molar-refractivity contribution is -0.118. The molecule has 7 heteroatoms. The second-order valence-corrected chi connectivity index (χ2v) is 6.78. The molecule has 0 unspecified atom stereocenters. The van der Waals surface area contributed by atoms with E-state index >= 15 is 0 Å². The van der Waals surface area contributed by atoms with Crippen LogP contribution < -0.4 is 15.6 Å². The van der Waals surface area contributed by atoms with Gasteiger partial charge >= 0.3 is 0 Å². The van der Waals surface area contributed by atoms with Crippen LogP contribution in [-0.4, -0.2) is 22.1 Å². The first kappa shape index (κ1) is 16.3. The van der Waals surface area contributed by atoms with Crippen molar-refractivity contribution in [2.75, 3.05) is 11.9 Å². The van der Waals surface area contributed by atoms with Crippen molar-refractivity contribution in [3.05, 3.63) is 65.0 Å². The van der Waals surface area contributed by atoms with E-state index in [1.807, 2.05) is 48.5 Å². The van der Waals surface area contributed by atoms with Crippen LogP contribution in [0, 0.1) is 0 Å². The largest absolute Gasteiger partial charge is 0.483 e. The summed E-state index contributed by atoms with van der Waals surface area (Å²) in [5.41, 5.74) is 1.40. The normalized spacial score (nSPS) is 11.0. The Kier molecular flexibility index (Phi) is 4.14. The number of fused-ring (bicyclic) bond motifs is 2. The highest BCUT2D eigenvalue weighted by atomic mass is 32.1. The minimum Gasteiger partial charge on any atom is -0.483 e. The summed E-state index contributed by atoms with van der Waals surface area (Å²) in [7, 11) is 1.70. The molecule has 6 nitrogen and oxygen atoms in total. The van der Waals surface area contributed by atoms with Crippen LogP contribution in [0.5, 0.6) is 5.75 Å². The van der Waals surface area contributed by atoms with Gasteiger partial charge in [0, 0.05) is 18.5 Å². The van der Waals surface area contributed by atoms with Crippen LogP contribution in [0.3, 0.4) is 0 Å². The number of para-hydroxylation sites is 2. The number of hydrogen-bond donors (Lipinski definition) is 1. The second kappa shape index (κ2) is 6.61. The van der Waals surface area contributed by atoms with Gasteiger partial charge in [0.1, 0.15) is 5.75 Å². The van der Waals surface area contributed by atoms with Gasteiger partial charge in [-0.25, -0.2) is 4.98 Å². The van der Waals surface area contributed by atoms with Crippen LogP contribution >= 0.6 is 11.3 Å². The summed E-state index contributed by atoms with van der Waals surface area (Å²) >= 11 is 1.40. The third-order valence-corrected chi connectivity index (χ3v) is 4.97. The molecule has 0 bridgehead atoms. The Bertz CT molecular complexity index is 1150. The number of aromatic nitrogens is 2. The number of benzene rings is 2. The Morgan fingerprint density at radius 2 is 1.96 bits per heavy atom. The molecule has 2 aromatic carbocycles. The molecule has 0 saturated carbocycles. The SMILES string of the molecule is Cn1c(=O)cc(OCC(=O)Nc2nc3ccccc3s2)c2ccccc21. The van der Waals surface area contributed by atoms with Gasteiger partial charge in [0.05, 0.1) is 15.7 Å². The maximum absolute atomic E-state index is 12.2. The zero-order chi connectivity index (χ0) is 18.1. The Balaban J connectivity index is 1.52. The Morgan fingerprint density at radius 3 is 2.81 bits per heavy atom. The van der Waals surface area contributed by atoms with E-state index in [1.54, 1.807) is 11.6 Å². The fourth-order valence-electron chi connectivity index (χ4n) is 2.72. The molecule has 130 valence electrons. The highest BCUT2D eigenvalue weighted by molar-refractivity contribution is 7.22. The Labute approximate surface area is 152 Å². The van der Waals surface area contributed by atoms with Crippen LogP contribution in [0.2, 0.25) is 0 Å². The second-order valence-electron chi connectivity index (χ2n) is 5.75. The van der Waals surface area contributed by atoms with Crippen molar-refractivity contribution in [3.8, 4) is 5.75 Å². The summed E-state index contributed by atoms with van der Waals surface area (Å²) in [5, 5.41) is 4.04. The molecule has 0 aliphatic rings. The lowest BCUT2D eigenvalue weighted by atomic mass is 10.2. The molecule has 0 saturated heterocycles. The van der Waals surface area contributed by atoms with Gasteiger partial charge in [-0.1, -0.05) is 35.6 Å². The van der Waals surface area contributed by atoms with Gasteiger partial charge in [-0.05, 0) is 24.3 Å². The maximum Gasteiger partial charge on any atom is 0.264 e. The molecule has 1 N–H and O–H groups in total. The van der Waals surface area contributed by atoms with Crippen molar-refractivity contribution in [1.29, 1.82) is 0 Å². The molecule has 26 heavy (non-hydrogen) atoms. The Morgan fingerprint density at radius 1 is 1.19 bits per heavy atom. The monoisotopic (exact) mass is 365 g/mol. The predicted molar refractivity (Wildman–Crippen MR) is 103 cm³/mol. The topological polar surface area (TPSA) is 73.2 Å². The highest BCUT2D eigenvalue weighted by Gasteiger charge is 2.11. The fraction of sp³-hybridized carbons (Fsp3) is 0.105. The average Bonchev–Trinajstić information content (AvgIpc) is 3.05. The quantitative estimate of drug-likeness (QED) is 0.603. The van der Waals surface area contributed by atoms with Gasteiger partial charge in [-0.15, -0.1) is 0 Å². The van der Waals surface area contributed by atoms with Crippen molar-refractivity contribution in [2.45, 2.75) is 0 Å². The first-order valence-corrected chi connectivity index (χ1v) is 8.80. The van der Waals surface area contributed by atoms with E-state index in [0.29, 0.717) is 10.9 Å². The fourth-order valence-corrected chi connectivity index (χ4v) is 3.61. The summed E-state index contributed by atoms with van der Waals surface area (Å²) in [6.07, 6.45) is 0. The average molecular weight is 365 g/mol. The number of pyridine rings is 1. The van der Waals surface area contributed by atoms with Crippen LogP contribution in [0.4, 0.5) is 5.13 Å². The van der Waals surface area contributed by atoms with Crippen LogP contribution in [-0.2, 0) is 11.8 Å².